The first kappa shape index (κ1) is 14.0. The Bertz CT molecular complexity index is 268. The van der Waals surface area contributed by atoms with Gasteiger partial charge in [0.05, 0.1) is 0 Å². The summed E-state index contributed by atoms with van der Waals surface area (Å²) in [5.41, 5.74) is 6.22. The minimum atomic E-state index is 0.142. The Morgan fingerprint density at radius 3 is 2.33 bits per heavy atom. The van der Waals surface area contributed by atoms with Gasteiger partial charge in [0.2, 0.25) is 0 Å². The highest BCUT2D eigenvalue weighted by Gasteiger charge is 2.33. The number of carbonyl (C=O) groups excluding carboxylic acids is 1. The van der Waals surface area contributed by atoms with E-state index in [0.29, 0.717) is 11.7 Å². The standard InChI is InChI=1S/C16H29NO/c1-2-12-8-10-13(11-9-12)16(18)14-6-4-3-5-7-15(14)17/h12-15H,2-11,17H2,1H3. The number of nitrogens with two attached hydrogens (primary N) is 1. The normalized spacial score (nSPS) is 38.1. The number of ketones is 1. The van der Waals surface area contributed by atoms with Crippen LogP contribution in [0, 0.1) is 17.8 Å². The SMILES string of the molecule is CCC1CCC(C(=O)C2CCCCCC2N)CC1. The van der Waals surface area contributed by atoms with Crippen LogP contribution in [0.4, 0.5) is 0 Å². The van der Waals surface area contributed by atoms with E-state index in [1.54, 1.807) is 0 Å². The van der Waals surface area contributed by atoms with Gasteiger partial charge in [-0.05, 0) is 44.4 Å². The van der Waals surface area contributed by atoms with E-state index in [0.717, 1.165) is 31.6 Å². The first-order valence-electron chi connectivity index (χ1n) is 8.01. The summed E-state index contributed by atoms with van der Waals surface area (Å²) in [6.45, 7) is 2.27. The van der Waals surface area contributed by atoms with Crippen LogP contribution in [-0.2, 0) is 4.79 Å². The number of hydrogen-bond acceptors (Lipinski definition) is 2. The zero-order chi connectivity index (χ0) is 13.0. The summed E-state index contributed by atoms with van der Waals surface area (Å²) in [5, 5.41) is 0. The zero-order valence-electron chi connectivity index (χ0n) is 11.9. The molecule has 0 amide bonds. The van der Waals surface area contributed by atoms with Crippen LogP contribution >= 0.6 is 0 Å². The summed E-state index contributed by atoms with van der Waals surface area (Å²) < 4.78 is 0. The summed E-state index contributed by atoms with van der Waals surface area (Å²) in [7, 11) is 0. The van der Waals surface area contributed by atoms with Crippen LogP contribution in [0.2, 0.25) is 0 Å². The second-order valence-corrected chi connectivity index (χ2v) is 6.44. The third-order valence-electron chi connectivity index (χ3n) is 5.26. The predicted octanol–water partition coefficient (Wildman–Crippen LogP) is 3.68. The molecule has 0 spiro atoms. The van der Waals surface area contributed by atoms with E-state index in [-0.39, 0.29) is 12.0 Å². The van der Waals surface area contributed by atoms with Gasteiger partial charge < -0.3 is 5.73 Å². The molecule has 2 heteroatoms. The smallest absolute Gasteiger partial charge is 0.140 e. The molecular formula is C16H29NO. The van der Waals surface area contributed by atoms with E-state index in [2.05, 4.69) is 6.92 Å². The lowest BCUT2D eigenvalue weighted by Gasteiger charge is -2.31. The molecule has 0 aliphatic heterocycles. The van der Waals surface area contributed by atoms with Gasteiger partial charge >= 0.3 is 0 Å². The summed E-state index contributed by atoms with van der Waals surface area (Å²) in [6, 6.07) is 0.142. The van der Waals surface area contributed by atoms with Crippen LogP contribution in [0.3, 0.4) is 0 Å². The Kier molecular flexibility index (Phi) is 5.23. The third kappa shape index (κ3) is 3.34. The molecule has 2 atom stereocenters. The third-order valence-corrected chi connectivity index (χ3v) is 5.26. The number of carbonyl (C=O) groups is 1. The fourth-order valence-electron chi connectivity index (χ4n) is 3.85. The molecule has 2 aliphatic carbocycles. The van der Waals surface area contributed by atoms with Crippen molar-refractivity contribution in [1.82, 2.24) is 0 Å². The summed E-state index contributed by atoms with van der Waals surface area (Å²) >= 11 is 0. The van der Waals surface area contributed by atoms with E-state index < -0.39 is 0 Å². The van der Waals surface area contributed by atoms with Gasteiger partial charge in [-0.1, -0.05) is 32.6 Å². The first-order valence-corrected chi connectivity index (χ1v) is 8.01. The second-order valence-electron chi connectivity index (χ2n) is 6.44. The monoisotopic (exact) mass is 251 g/mol. The minimum Gasteiger partial charge on any atom is -0.327 e. The minimum absolute atomic E-state index is 0.142. The zero-order valence-corrected chi connectivity index (χ0v) is 11.9. The molecule has 0 saturated heterocycles. The second kappa shape index (κ2) is 6.70. The van der Waals surface area contributed by atoms with Gasteiger partial charge in [-0.25, -0.2) is 0 Å². The molecule has 0 aromatic heterocycles. The molecule has 2 N–H and O–H groups in total. The Balaban J connectivity index is 1.90. The molecule has 0 bridgehead atoms. The number of Topliss-reactive ketones (excluding diaryl/α,β-unsaturated/α-hetero) is 1. The van der Waals surface area contributed by atoms with Gasteiger partial charge in [-0.2, -0.15) is 0 Å². The maximum absolute atomic E-state index is 12.6. The quantitative estimate of drug-likeness (QED) is 0.778. The lowest BCUT2D eigenvalue weighted by Crippen LogP contribution is -2.38. The molecule has 2 rings (SSSR count). The Labute approximate surface area is 112 Å². The van der Waals surface area contributed by atoms with Gasteiger partial charge in [-0.3, -0.25) is 4.79 Å². The summed E-state index contributed by atoms with van der Waals surface area (Å²) in [5.74, 6) is 1.90. The van der Waals surface area contributed by atoms with Crippen LogP contribution in [0.1, 0.15) is 71.1 Å². The topological polar surface area (TPSA) is 43.1 Å². The predicted molar refractivity (Wildman–Crippen MR) is 75.3 cm³/mol. The molecule has 0 heterocycles. The van der Waals surface area contributed by atoms with Crippen LogP contribution in [-0.4, -0.2) is 11.8 Å². The van der Waals surface area contributed by atoms with Crippen molar-refractivity contribution in [3.05, 3.63) is 0 Å². The van der Waals surface area contributed by atoms with E-state index in [1.165, 1.54) is 38.5 Å². The fraction of sp³-hybridized carbons (Fsp3) is 0.938. The van der Waals surface area contributed by atoms with Crippen LogP contribution in [0.15, 0.2) is 0 Å². The average molecular weight is 251 g/mol. The lowest BCUT2D eigenvalue weighted by atomic mass is 9.74. The van der Waals surface area contributed by atoms with E-state index in [9.17, 15) is 4.79 Å². The highest BCUT2D eigenvalue weighted by molar-refractivity contribution is 5.84. The van der Waals surface area contributed by atoms with E-state index >= 15 is 0 Å². The molecule has 104 valence electrons. The van der Waals surface area contributed by atoms with Crippen molar-refractivity contribution in [3.8, 4) is 0 Å². The Morgan fingerprint density at radius 1 is 1.00 bits per heavy atom. The largest absolute Gasteiger partial charge is 0.327 e. The molecule has 0 radical (unpaired) electrons. The van der Waals surface area contributed by atoms with Crippen molar-refractivity contribution < 1.29 is 4.79 Å². The van der Waals surface area contributed by atoms with Crippen molar-refractivity contribution in [1.29, 1.82) is 0 Å². The Hall–Kier alpha value is -0.370. The van der Waals surface area contributed by atoms with Gasteiger partial charge in [0.1, 0.15) is 5.78 Å². The van der Waals surface area contributed by atoms with Crippen molar-refractivity contribution in [3.63, 3.8) is 0 Å². The molecule has 2 nitrogen and oxygen atoms in total. The first-order chi connectivity index (χ1) is 8.72. The van der Waals surface area contributed by atoms with Crippen molar-refractivity contribution in [2.45, 2.75) is 77.2 Å². The highest BCUT2D eigenvalue weighted by Crippen LogP contribution is 2.35. The number of rotatable bonds is 3. The molecular weight excluding hydrogens is 222 g/mol. The summed E-state index contributed by atoms with van der Waals surface area (Å²) in [4.78, 5) is 12.6. The van der Waals surface area contributed by atoms with Gasteiger partial charge in [-0.15, -0.1) is 0 Å². The van der Waals surface area contributed by atoms with Crippen molar-refractivity contribution in [2.75, 3.05) is 0 Å². The molecule has 0 aromatic rings. The van der Waals surface area contributed by atoms with Crippen LogP contribution in [0.5, 0.6) is 0 Å². The average Bonchev–Trinajstić information content (AvgIpc) is 2.63. The maximum atomic E-state index is 12.6. The van der Waals surface area contributed by atoms with Crippen LogP contribution in [0.25, 0.3) is 0 Å². The molecule has 2 fully saturated rings. The number of hydrogen-bond donors (Lipinski definition) is 1. The summed E-state index contributed by atoms with van der Waals surface area (Å²) in [6.07, 6.45) is 11.8. The molecule has 2 unspecified atom stereocenters. The molecule has 0 aromatic carbocycles. The highest BCUT2D eigenvalue weighted by atomic mass is 16.1. The van der Waals surface area contributed by atoms with Gasteiger partial charge in [0.25, 0.3) is 0 Å². The van der Waals surface area contributed by atoms with E-state index in [1.807, 2.05) is 0 Å². The maximum Gasteiger partial charge on any atom is 0.140 e. The molecule has 2 saturated carbocycles. The van der Waals surface area contributed by atoms with Crippen LogP contribution < -0.4 is 5.73 Å². The Morgan fingerprint density at radius 2 is 1.67 bits per heavy atom. The van der Waals surface area contributed by atoms with Crippen molar-refractivity contribution in [2.24, 2.45) is 23.5 Å². The lowest BCUT2D eigenvalue weighted by molar-refractivity contribution is -0.128. The molecule has 2 aliphatic rings. The van der Waals surface area contributed by atoms with E-state index in [4.69, 9.17) is 5.73 Å². The fourth-order valence-corrected chi connectivity index (χ4v) is 3.85. The van der Waals surface area contributed by atoms with Gasteiger partial charge in [0.15, 0.2) is 0 Å². The molecule has 18 heavy (non-hydrogen) atoms. The van der Waals surface area contributed by atoms with Crippen molar-refractivity contribution >= 4 is 5.78 Å². The van der Waals surface area contributed by atoms with Gasteiger partial charge in [0, 0.05) is 17.9 Å².